The Kier molecular flexibility index (Phi) is 3.95. The summed E-state index contributed by atoms with van der Waals surface area (Å²) in [5.41, 5.74) is 0.696. The van der Waals surface area contributed by atoms with Gasteiger partial charge in [-0.3, -0.25) is 0 Å². The lowest BCUT2D eigenvalue weighted by Gasteiger charge is -2.40. The average molecular weight is 250 g/mol. The lowest BCUT2D eigenvalue weighted by molar-refractivity contribution is 0.173. The largest absolute Gasteiger partial charge is 0.315 e. The average Bonchev–Trinajstić information content (AvgIpc) is 3.19. The molecule has 3 rings (SSSR count). The molecule has 2 N–H and O–H groups in total. The van der Waals surface area contributed by atoms with E-state index in [1.54, 1.807) is 0 Å². The van der Waals surface area contributed by atoms with Crippen molar-refractivity contribution < 1.29 is 0 Å². The molecule has 2 heteroatoms. The van der Waals surface area contributed by atoms with Crippen LogP contribution in [0.25, 0.3) is 0 Å². The molecule has 0 aromatic carbocycles. The van der Waals surface area contributed by atoms with Gasteiger partial charge in [0.15, 0.2) is 0 Å². The van der Waals surface area contributed by atoms with Crippen molar-refractivity contribution in [2.75, 3.05) is 13.1 Å². The third-order valence-electron chi connectivity index (χ3n) is 5.84. The summed E-state index contributed by atoms with van der Waals surface area (Å²) in [6.07, 6.45) is 13.0. The second-order valence-corrected chi connectivity index (χ2v) is 7.08. The molecule has 0 spiro atoms. The van der Waals surface area contributed by atoms with Gasteiger partial charge in [-0.25, -0.2) is 0 Å². The molecule has 3 atom stereocenters. The summed E-state index contributed by atoms with van der Waals surface area (Å²) in [6.45, 7) is 4.81. The van der Waals surface area contributed by atoms with Gasteiger partial charge in [-0.05, 0) is 56.3 Å². The highest BCUT2D eigenvalue weighted by molar-refractivity contribution is 4.95. The topological polar surface area (TPSA) is 24.1 Å². The van der Waals surface area contributed by atoms with E-state index in [0.717, 1.165) is 18.0 Å². The summed E-state index contributed by atoms with van der Waals surface area (Å²) >= 11 is 0. The van der Waals surface area contributed by atoms with Crippen molar-refractivity contribution in [2.45, 2.75) is 76.8 Å². The van der Waals surface area contributed by atoms with Crippen molar-refractivity contribution in [1.82, 2.24) is 10.6 Å². The first-order valence-electron chi connectivity index (χ1n) is 8.28. The maximum atomic E-state index is 3.92. The van der Waals surface area contributed by atoms with Crippen LogP contribution in [0.3, 0.4) is 0 Å². The molecular weight excluding hydrogens is 220 g/mol. The molecule has 3 unspecified atom stereocenters. The molecule has 104 valence electrons. The van der Waals surface area contributed by atoms with Crippen molar-refractivity contribution in [2.24, 2.45) is 11.3 Å². The van der Waals surface area contributed by atoms with Crippen molar-refractivity contribution in [3.63, 3.8) is 0 Å². The Morgan fingerprint density at radius 2 is 1.94 bits per heavy atom. The summed E-state index contributed by atoms with van der Waals surface area (Å²) in [7, 11) is 0. The Bertz CT molecular complexity index is 272. The number of fused-ring (bicyclic) bond motifs is 1. The van der Waals surface area contributed by atoms with Crippen LogP contribution in [0.4, 0.5) is 0 Å². The van der Waals surface area contributed by atoms with Crippen molar-refractivity contribution in [3.8, 4) is 0 Å². The van der Waals surface area contributed by atoms with E-state index in [2.05, 4.69) is 17.6 Å². The third kappa shape index (κ3) is 2.91. The van der Waals surface area contributed by atoms with Crippen LogP contribution in [0, 0.1) is 11.3 Å². The van der Waals surface area contributed by atoms with Gasteiger partial charge in [-0.1, -0.05) is 19.8 Å². The van der Waals surface area contributed by atoms with E-state index in [9.17, 15) is 0 Å². The third-order valence-corrected chi connectivity index (χ3v) is 5.84. The van der Waals surface area contributed by atoms with Crippen LogP contribution in [-0.2, 0) is 0 Å². The fourth-order valence-corrected chi connectivity index (χ4v) is 4.08. The molecule has 1 aliphatic heterocycles. The Hall–Kier alpha value is -0.0800. The first kappa shape index (κ1) is 12.9. The molecule has 2 nitrogen and oxygen atoms in total. The zero-order valence-corrected chi connectivity index (χ0v) is 12.0. The van der Waals surface area contributed by atoms with Gasteiger partial charge in [0.05, 0.1) is 0 Å². The summed E-state index contributed by atoms with van der Waals surface area (Å²) in [5.74, 6) is 1.00. The fraction of sp³-hybridized carbons (Fsp3) is 1.00. The Morgan fingerprint density at radius 1 is 1.11 bits per heavy atom. The molecule has 3 fully saturated rings. The number of rotatable bonds is 5. The number of hydrogen-bond acceptors (Lipinski definition) is 2. The molecular formula is C16H30N2. The van der Waals surface area contributed by atoms with E-state index in [-0.39, 0.29) is 0 Å². The van der Waals surface area contributed by atoms with Crippen LogP contribution in [0.2, 0.25) is 0 Å². The Labute approximate surface area is 112 Å². The smallest absolute Gasteiger partial charge is 0.0195 e. The summed E-state index contributed by atoms with van der Waals surface area (Å²) in [5, 5.41) is 7.66. The maximum Gasteiger partial charge on any atom is 0.0195 e. The highest BCUT2D eigenvalue weighted by atomic mass is 15.0. The van der Waals surface area contributed by atoms with Gasteiger partial charge in [0.25, 0.3) is 0 Å². The molecule has 18 heavy (non-hydrogen) atoms. The van der Waals surface area contributed by atoms with Crippen molar-refractivity contribution >= 4 is 0 Å². The van der Waals surface area contributed by atoms with E-state index < -0.39 is 0 Å². The molecule has 0 aromatic heterocycles. The zero-order valence-electron chi connectivity index (χ0n) is 12.0. The van der Waals surface area contributed by atoms with Gasteiger partial charge in [-0.2, -0.15) is 0 Å². The van der Waals surface area contributed by atoms with Crippen LogP contribution in [0.1, 0.15) is 64.7 Å². The lowest BCUT2D eigenvalue weighted by atomic mass is 9.78. The molecule has 1 heterocycles. The molecule has 0 amide bonds. The van der Waals surface area contributed by atoms with E-state index in [1.165, 1.54) is 70.9 Å². The monoisotopic (exact) mass is 250 g/mol. The molecule has 2 aliphatic carbocycles. The van der Waals surface area contributed by atoms with Crippen LogP contribution in [0.5, 0.6) is 0 Å². The van der Waals surface area contributed by atoms with E-state index in [4.69, 9.17) is 0 Å². The molecule has 0 bridgehead atoms. The molecule has 2 saturated carbocycles. The minimum absolute atomic E-state index is 0.696. The van der Waals surface area contributed by atoms with Gasteiger partial charge >= 0.3 is 0 Å². The van der Waals surface area contributed by atoms with Crippen LogP contribution >= 0.6 is 0 Å². The van der Waals surface area contributed by atoms with E-state index in [0.29, 0.717) is 5.41 Å². The van der Waals surface area contributed by atoms with Gasteiger partial charge < -0.3 is 10.6 Å². The first-order valence-corrected chi connectivity index (χ1v) is 8.28. The zero-order chi connectivity index (χ0) is 12.4. The second kappa shape index (κ2) is 5.50. The Balaban J connectivity index is 1.38. The number of piperidine rings is 1. The number of nitrogens with one attached hydrogen (secondary N) is 2. The van der Waals surface area contributed by atoms with Gasteiger partial charge in [0.2, 0.25) is 0 Å². The minimum atomic E-state index is 0.696. The fourth-order valence-electron chi connectivity index (χ4n) is 4.08. The molecule has 0 radical (unpaired) electrons. The lowest BCUT2D eigenvalue weighted by Crippen LogP contribution is -2.52. The minimum Gasteiger partial charge on any atom is -0.315 e. The summed E-state index contributed by atoms with van der Waals surface area (Å²) in [6, 6.07) is 1.59. The molecule has 0 aromatic rings. The maximum absolute atomic E-state index is 3.92. The quantitative estimate of drug-likeness (QED) is 0.783. The van der Waals surface area contributed by atoms with Gasteiger partial charge in [0, 0.05) is 25.2 Å². The van der Waals surface area contributed by atoms with Gasteiger partial charge in [0.1, 0.15) is 0 Å². The summed E-state index contributed by atoms with van der Waals surface area (Å²) < 4.78 is 0. The Morgan fingerprint density at radius 3 is 2.72 bits per heavy atom. The SMILES string of the molecule is CCC1(CNCC2CCC3CCCCC3N2)CC1. The van der Waals surface area contributed by atoms with E-state index in [1.807, 2.05) is 0 Å². The predicted molar refractivity (Wildman–Crippen MR) is 76.7 cm³/mol. The first-order chi connectivity index (χ1) is 8.81. The highest BCUT2D eigenvalue weighted by Gasteiger charge is 2.40. The summed E-state index contributed by atoms with van der Waals surface area (Å²) in [4.78, 5) is 0. The van der Waals surface area contributed by atoms with Gasteiger partial charge in [-0.15, -0.1) is 0 Å². The van der Waals surface area contributed by atoms with E-state index >= 15 is 0 Å². The molecule has 1 saturated heterocycles. The predicted octanol–water partition coefficient (Wildman–Crippen LogP) is 3.08. The standard InChI is InChI=1S/C16H30N2/c1-2-16(9-10-16)12-17-11-14-8-7-13-5-3-4-6-15(13)18-14/h13-15,17-18H,2-12H2,1H3. The van der Waals surface area contributed by atoms with Crippen LogP contribution in [0.15, 0.2) is 0 Å². The van der Waals surface area contributed by atoms with Crippen LogP contribution in [-0.4, -0.2) is 25.2 Å². The van der Waals surface area contributed by atoms with Crippen LogP contribution < -0.4 is 10.6 Å². The number of hydrogen-bond donors (Lipinski definition) is 2. The van der Waals surface area contributed by atoms with Crippen molar-refractivity contribution in [3.05, 3.63) is 0 Å². The molecule has 3 aliphatic rings. The highest BCUT2D eigenvalue weighted by Crippen LogP contribution is 2.47. The second-order valence-electron chi connectivity index (χ2n) is 7.08. The normalized spacial score (nSPS) is 38.2. The van der Waals surface area contributed by atoms with Crippen molar-refractivity contribution in [1.29, 1.82) is 0 Å².